The van der Waals surface area contributed by atoms with Crippen LogP contribution in [-0.2, 0) is 9.47 Å². The van der Waals surface area contributed by atoms with Gasteiger partial charge in [-0.2, -0.15) is 0 Å². The minimum atomic E-state index is -0.223. The highest BCUT2D eigenvalue weighted by atomic mass is 127. The number of likely N-dealkylation sites (tertiary alicyclic amines) is 1. The second kappa shape index (κ2) is 11.7. The number of hydrogen-bond donors (Lipinski definition) is 2. The third kappa shape index (κ3) is 8.36. The van der Waals surface area contributed by atoms with Gasteiger partial charge in [-0.05, 0) is 44.9 Å². The van der Waals surface area contributed by atoms with Gasteiger partial charge < -0.3 is 25.4 Å². The van der Waals surface area contributed by atoms with Crippen molar-refractivity contribution in [2.45, 2.75) is 45.1 Å². The van der Waals surface area contributed by atoms with Gasteiger partial charge >= 0.3 is 6.09 Å². The molecule has 0 unspecified atom stereocenters. The van der Waals surface area contributed by atoms with Gasteiger partial charge in [-0.1, -0.05) is 0 Å². The quantitative estimate of drug-likeness (QED) is 0.253. The fourth-order valence-corrected chi connectivity index (χ4v) is 2.58. The SMILES string of the molecule is CCOC(=O)N1CCC(NC(N)=NCCCOCC2CC2)CC1.I. The molecule has 2 aliphatic rings. The molecule has 140 valence electrons. The number of hydrogen-bond acceptors (Lipinski definition) is 4. The average molecular weight is 454 g/mol. The lowest BCUT2D eigenvalue weighted by Crippen LogP contribution is -2.48. The van der Waals surface area contributed by atoms with Crippen LogP contribution in [0, 0.1) is 5.92 Å². The number of carbonyl (C=O) groups excluding carboxylic acids is 1. The van der Waals surface area contributed by atoms with E-state index in [2.05, 4.69) is 10.3 Å². The first kappa shape index (κ1) is 21.3. The van der Waals surface area contributed by atoms with E-state index in [1.165, 1.54) is 12.8 Å². The van der Waals surface area contributed by atoms with Gasteiger partial charge in [0.25, 0.3) is 0 Å². The molecule has 24 heavy (non-hydrogen) atoms. The lowest BCUT2D eigenvalue weighted by atomic mass is 10.1. The third-order valence-corrected chi connectivity index (χ3v) is 4.15. The molecule has 2 rings (SSSR count). The highest BCUT2D eigenvalue weighted by Crippen LogP contribution is 2.28. The van der Waals surface area contributed by atoms with E-state index in [-0.39, 0.29) is 36.1 Å². The maximum atomic E-state index is 11.6. The monoisotopic (exact) mass is 454 g/mol. The zero-order valence-electron chi connectivity index (χ0n) is 14.5. The Labute approximate surface area is 161 Å². The minimum absolute atomic E-state index is 0. The molecule has 0 spiro atoms. The average Bonchev–Trinajstić information content (AvgIpc) is 3.36. The number of nitrogens with zero attached hydrogens (tertiary/aromatic N) is 2. The largest absolute Gasteiger partial charge is 0.450 e. The van der Waals surface area contributed by atoms with Gasteiger partial charge in [0.2, 0.25) is 0 Å². The van der Waals surface area contributed by atoms with Gasteiger partial charge in [-0.15, -0.1) is 24.0 Å². The van der Waals surface area contributed by atoms with Crippen molar-refractivity contribution in [1.29, 1.82) is 0 Å². The zero-order valence-corrected chi connectivity index (χ0v) is 16.9. The van der Waals surface area contributed by atoms with Crippen LogP contribution < -0.4 is 11.1 Å². The Hall–Kier alpha value is -0.770. The third-order valence-electron chi connectivity index (χ3n) is 4.15. The Morgan fingerprint density at radius 3 is 2.62 bits per heavy atom. The maximum absolute atomic E-state index is 11.6. The summed E-state index contributed by atoms with van der Waals surface area (Å²) in [6.45, 7) is 5.96. The molecule has 0 bridgehead atoms. The van der Waals surface area contributed by atoms with Gasteiger partial charge in [-0.25, -0.2) is 4.79 Å². The van der Waals surface area contributed by atoms with E-state index >= 15 is 0 Å². The van der Waals surface area contributed by atoms with Gasteiger partial charge in [0.15, 0.2) is 5.96 Å². The van der Waals surface area contributed by atoms with Crippen LogP contribution in [0.25, 0.3) is 0 Å². The van der Waals surface area contributed by atoms with Crippen LogP contribution in [0.15, 0.2) is 4.99 Å². The van der Waals surface area contributed by atoms with Crippen molar-refractivity contribution in [2.24, 2.45) is 16.6 Å². The van der Waals surface area contributed by atoms with Crippen molar-refractivity contribution < 1.29 is 14.3 Å². The van der Waals surface area contributed by atoms with E-state index in [1.54, 1.807) is 4.90 Å². The molecule has 0 aromatic carbocycles. The normalized spacial score (nSPS) is 18.9. The summed E-state index contributed by atoms with van der Waals surface area (Å²) in [6, 6.07) is 0.274. The summed E-state index contributed by atoms with van der Waals surface area (Å²) in [6.07, 6.45) is 5.04. The molecule has 8 heteroatoms. The number of ether oxygens (including phenoxy) is 2. The number of halogens is 1. The second-order valence-corrected chi connectivity index (χ2v) is 6.24. The van der Waals surface area contributed by atoms with E-state index in [4.69, 9.17) is 15.2 Å². The number of rotatable bonds is 8. The number of aliphatic imine (C=N–C) groups is 1. The van der Waals surface area contributed by atoms with Crippen molar-refractivity contribution in [3.05, 3.63) is 0 Å². The zero-order chi connectivity index (χ0) is 16.5. The molecule has 7 nitrogen and oxygen atoms in total. The van der Waals surface area contributed by atoms with Crippen molar-refractivity contribution in [2.75, 3.05) is 39.5 Å². The van der Waals surface area contributed by atoms with Gasteiger partial charge in [-0.3, -0.25) is 4.99 Å². The van der Waals surface area contributed by atoms with Crippen molar-refractivity contribution in [3.63, 3.8) is 0 Å². The number of nitrogens with one attached hydrogen (secondary N) is 1. The number of amides is 1. The summed E-state index contributed by atoms with van der Waals surface area (Å²) in [5, 5.41) is 3.24. The fourth-order valence-electron chi connectivity index (χ4n) is 2.58. The lowest BCUT2D eigenvalue weighted by Gasteiger charge is -2.31. The molecule has 0 atom stereocenters. The van der Waals surface area contributed by atoms with Crippen LogP contribution in [-0.4, -0.2) is 62.4 Å². The molecule has 3 N–H and O–H groups in total. The van der Waals surface area contributed by atoms with E-state index in [0.29, 0.717) is 32.2 Å². The molecule has 0 radical (unpaired) electrons. The fraction of sp³-hybridized carbons (Fsp3) is 0.875. The number of piperidine rings is 1. The molecule has 1 heterocycles. The van der Waals surface area contributed by atoms with Crippen LogP contribution in [0.5, 0.6) is 0 Å². The van der Waals surface area contributed by atoms with E-state index in [0.717, 1.165) is 38.4 Å². The molecular weight excluding hydrogens is 423 g/mol. The summed E-state index contributed by atoms with van der Waals surface area (Å²) in [5.74, 6) is 1.30. The molecule has 1 amide bonds. The molecule has 2 fully saturated rings. The Morgan fingerprint density at radius 1 is 1.29 bits per heavy atom. The van der Waals surface area contributed by atoms with Crippen LogP contribution in [0.2, 0.25) is 0 Å². The number of guanidine groups is 1. The summed E-state index contributed by atoms with van der Waals surface area (Å²) >= 11 is 0. The maximum Gasteiger partial charge on any atom is 0.409 e. The highest BCUT2D eigenvalue weighted by Gasteiger charge is 2.23. The standard InChI is InChI=1S/C16H30N4O3.HI/c1-2-23-16(21)20-9-6-14(7-10-20)19-15(17)18-8-3-11-22-12-13-4-5-13;/h13-14H,2-12H2,1H3,(H3,17,18,19);1H. The smallest absolute Gasteiger partial charge is 0.409 e. The Balaban J connectivity index is 0.00000288. The summed E-state index contributed by atoms with van der Waals surface area (Å²) in [4.78, 5) is 17.7. The highest BCUT2D eigenvalue weighted by molar-refractivity contribution is 14.0. The summed E-state index contributed by atoms with van der Waals surface area (Å²) in [7, 11) is 0. The first-order valence-corrected chi connectivity index (χ1v) is 8.75. The molecule has 1 saturated heterocycles. The number of nitrogens with two attached hydrogens (primary N) is 1. The minimum Gasteiger partial charge on any atom is -0.450 e. The van der Waals surface area contributed by atoms with Crippen molar-refractivity contribution >= 4 is 36.0 Å². The van der Waals surface area contributed by atoms with Crippen LogP contribution in [0.3, 0.4) is 0 Å². The molecule has 1 saturated carbocycles. The van der Waals surface area contributed by atoms with Crippen LogP contribution in [0.1, 0.15) is 39.0 Å². The topological polar surface area (TPSA) is 89.2 Å². The van der Waals surface area contributed by atoms with Crippen molar-refractivity contribution in [1.82, 2.24) is 10.2 Å². The van der Waals surface area contributed by atoms with E-state index in [1.807, 2.05) is 6.92 Å². The van der Waals surface area contributed by atoms with Gasteiger partial charge in [0.05, 0.1) is 6.61 Å². The molecule has 1 aliphatic heterocycles. The van der Waals surface area contributed by atoms with Crippen molar-refractivity contribution in [3.8, 4) is 0 Å². The Morgan fingerprint density at radius 2 is 2.00 bits per heavy atom. The second-order valence-electron chi connectivity index (χ2n) is 6.24. The van der Waals surface area contributed by atoms with Gasteiger partial charge in [0, 0.05) is 38.9 Å². The lowest BCUT2D eigenvalue weighted by molar-refractivity contribution is 0.0963. The summed E-state index contributed by atoms with van der Waals surface area (Å²) in [5.41, 5.74) is 5.91. The van der Waals surface area contributed by atoms with Gasteiger partial charge in [0.1, 0.15) is 0 Å². The van der Waals surface area contributed by atoms with Crippen LogP contribution in [0.4, 0.5) is 4.79 Å². The Bertz CT molecular complexity index is 397. The molecule has 0 aromatic rings. The molecule has 0 aromatic heterocycles. The van der Waals surface area contributed by atoms with E-state index in [9.17, 15) is 4.79 Å². The number of carbonyl (C=O) groups is 1. The summed E-state index contributed by atoms with van der Waals surface area (Å²) < 4.78 is 10.6. The molecule has 1 aliphatic carbocycles. The van der Waals surface area contributed by atoms with Crippen LogP contribution >= 0.6 is 24.0 Å². The predicted octanol–water partition coefficient (Wildman–Crippen LogP) is 1.95. The van der Waals surface area contributed by atoms with E-state index < -0.39 is 0 Å². The first-order chi connectivity index (χ1) is 11.2. The Kier molecular flexibility index (Phi) is 10.4. The molecular formula is C16H31IN4O3. The first-order valence-electron chi connectivity index (χ1n) is 8.75. The predicted molar refractivity (Wildman–Crippen MR) is 105 cm³/mol.